The molecule has 188 valence electrons. The lowest BCUT2D eigenvalue weighted by molar-refractivity contribution is -0.137. The average Bonchev–Trinajstić information content (AvgIpc) is 2.86. The minimum absolute atomic E-state index is 0.0950. The van der Waals surface area contributed by atoms with Crippen molar-refractivity contribution < 1.29 is 22.7 Å². The Hall–Kier alpha value is -3.85. The van der Waals surface area contributed by atoms with E-state index in [1.54, 1.807) is 25.4 Å². The zero-order valence-electron chi connectivity index (χ0n) is 20.0. The van der Waals surface area contributed by atoms with Gasteiger partial charge in [0.2, 0.25) is 0 Å². The Balaban J connectivity index is 1.66. The van der Waals surface area contributed by atoms with E-state index in [0.29, 0.717) is 37.7 Å². The molecule has 0 unspecified atom stereocenters. The molecule has 1 aromatic heterocycles. The molecule has 9 heteroatoms. The zero-order valence-corrected chi connectivity index (χ0v) is 20.0. The van der Waals surface area contributed by atoms with Crippen molar-refractivity contribution in [3.63, 3.8) is 0 Å². The summed E-state index contributed by atoms with van der Waals surface area (Å²) in [6.07, 6.45) is -1.78. The molecule has 1 saturated heterocycles. The highest BCUT2D eigenvalue weighted by atomic mass is 19.4. The number of amides is 1. The highest BCUT2D eigenvalue weighted by Gasteiger charge is 2.33. The number of aryl methyl sites for hydroxylation is 2. The van der Waals surface area contributed by atoms with Crippen molar-refractivity contribution in [3.05, 3.63) is 87.8 Å². The fourth-order valence-electron chi connectivity index (χ4n) is 4.21. The average molecular weight is 498 g/mol. The minimum atomic E-state index is -4.61. The Kier molecular flexibility index (Phi) is 7.03. The van der Waals surface area contributed by atoms with Crippen LogP contribution in [-0.4, -0.2) is 36.8 Å². The molecule has 0 aliphatic carbocycles. The van der Waals surface area contributed by atoms with Crippen LogP contribution in [0.5, 0.6) is 0 Å². The first-order valence-electron chi connectivity index (χ1n) is 11.4. The van der Waals surface area contributed by atoms with Gasteiger partial charge in [-0.1, -0.05) is 24.8 Å². The number of carbonyl (C=O) groups excluding carboxylic acids is 1. The maximum absolute atomic E-state index is 13.4. The van der Waals surface area contributed by atoms with E-state index in [4.69, 9.17) is 4.74 Å². The smallest absolute Gasteiger partial charge is 0.378 e. The molecule has 0 spiro atoms. The molecule has 1 fully saturated rings. The predicted octanol–water partition coefficient (Wildman–Crippen LogP) is 5.11. The number of morpholine rings is 1. The number of aromatic nitrogens is 1. The molecule has 2 aromatic carbocycles. The third-order valence-corrected chi connectivity index (χ3v) is 6.16. The van der Waals surface area contributed by atoms with Crippen LogP contribution in [0.2, 0.25) is 0 Å². The van der Waals surface area contributed by atoms with Gasteiger partial charge in [0.1, 0.15) is 5.69 Å². The summed E-state index contributed by atoms with van der Waals surface area (Å²) >= 11 is 0. The molecule has 4 rings (SSSR count). The molecule has 1 aliphatic heterocycles. The van der Waals surface area contributed by atoms with Crippen molar-refractivity contribution in [3.8, 4) is 11.1 Å². The number of benzene rings is 2. The van der Waals surface area contributed by atoms with E-state index in [1.165, 1.54) is 16.7 Å². The zero-order chi connectivity index (χ0) is 26.0. The summed E-state index contributed by atoms with van der Waals surface area (Å²) in [5.74, 6) is -0.666. The van der Waals surface area contributed by atoms with Crippen LogP contribution >= 0.6 is 0 Å². The van der Waals surface area contributed by atoms with Crippen molar-refractivity contribution >= 4 is 23.4 Å². The Bertz CT molecular complexity index is 1370. The number of halogens is 3. The van der Waals surface area contributed by atoms with Crippen molar-refractivity contribution in [1.29, 1.82) is 0 Å². The van der Waals surface area contributed by atoms with E-state index in [2.05, 4.69) is 11.9 Å². The SMILES string of the molecule is C=Cc1ccc(C(=O)Nc2ccc(C)c(-c3cc(N4CCOCC4)c(=O)n(C)c3)c2)cc1C(F)(F)F. The van der Waals surface area contributed by atoms with Gasteiger partial charge in [-0.15, -0.1) is 0 Å². The number of ether oxygens (including phenoxy) is 1. The fraction of sp³-hybridized carbons (Fsp3) is 0.259. The Morgan fingerprint density at radius 2 is 1.83 bits per heavy atom. The number of hydrogen-bond donors (Lipinski definition) is 1. The lowest BCUT2D eigenvalue weighted by atomic mass is 10.00. The summed E-state index contributed by atoms with van der Waals surface area (Å²) in [6, 6.07) is 10.4. The summed E-state index contributed by atoms with van der Waals surface area (Å²) in [6.45, 7) is 7.62. The molecule has 0 radical (unpaired) electrons. The van der Waals surface area contributed by atoms with Gasteiger partial charge in [0.15, 0.2) is 0 Å². The summed E-state index contributed by atoms with van der Waals surface area (Å²) in [4.78, 5) is 27.6. The van der Waals surface area contributed by atoms with Gasteiger partial charge < -0.3 is 19.5 Å². The molecular formula is C27H26F3N3O3. The number of anilines is 2. The van der Waals surface area contributed by atoms with Gasteiger partial charge >= 0.3 is 6.18 Å². The van der Waals surface area contributed by atoms with Crippen LogP contribution in [0, 0.1) is 6.92 Å². The van der Waals surface area contributed by atoms with Gasteiger partial charge in [-0.2, -0.15) is 13.2 Å². The largest absolute Gasteiger partial charge is 0.417 e. The normalized spacial score (nSPS) is 14.0. The Morgan fingerprint density at radius 3 is 2.50 bits per heavy atom. The maximum Gasteiger partial charge on any atom is 0.417 e. The van der Waals surface area contributed by atoms with E-state index < -0.39 is 17.6 Å². The van der Waals surface area contributed by atoms with Gasteiger partial charge in [-0.05, 0) is 53.9 Å². The second kappa shape index (κ2) is 10.0. The number of carbonyl (C=O) groups is 1. The summed E-state index contributed by atoms with van der Waals surface area (Å²) < 4.78 is 47.1. The number of pyridine rings is 1. The molecule has 2 heterocycles. The van der Waals surface area contributed by atoms with Gasteiger partial charge in [-0.3, -0.25) is 9.59 Å². The lowest BCUT2D eigenvalue weighted by Crippen LogP contribution is -2.40. The van der Waals surface area contributed by atoms with E-state index in [-0.39, 0.29) is 16.7 Å². The second-order valence-corrected chi connectivity index (χ2v) is 8.62. The number of nitrogens with zero attached hydrogens (tertiary/aromatic N) is 2. The molecule has 6 nitrogen and oxygen atoms in total. The summed E-state index contributed by atoms with van der Waals surface area (Å²) in [5.41, 5.74) is 2.21. The maximum atomic E-state index is 13.4. The summed E-state index contributed by atoms with van der Waals surface area (Å²) in [7, 11) is 1.68. The van der Waals surface area contributed by atoms with E-state index in [1.807, 2.05) is 24.0 Å². The third kappa shape index (κ3) is 5.21. The number of alkyl halides is 3. The van der Waals surface area contributed by atoms with Crippen LogP contribution in [0.15, 0.2) is 60.0 Å². The van der Waals surface area contributed by atoms with Crippen LogP contribution in [0.3, 0.4) is 0 Å². The monoisotopic (exact) mass is 497 g/mol. The van der Waals surface area contributed by atoms with Gasteiger partial charge in [0.05, 0.1) is 18.8 Å². The van der Waals surface area contributed by atoms with Crippen LogP contribution in [0.25, 0.3) is 17.2 Å². The molecule has 0 atom stereocenters. The van der Waals surface area contributed by atoms with Crippen LogP contribution in [-0.2, 0) is 18.0 Å². The van der Waals surface area contributed by atoms with Crippen molar-refractivity contribution in [2.75, 3.05) is 36.5 Å². The number of nitrogens with one attached hydrogen (secondary N) is 1. The molecule has 0 bridgehead atoms. The van der Waals surface area contributed by atoms with Crippen molar-refractivity contribution in [2.24, 2.45) is 7.05 Å². The van der Waals surface area contributed by atoms with Crippen LogP contribution in [0.4, 0.5) is 24.5 Å². The van der Waals surface area contributed by atoms with Crippen molar-refractivity contribution in [2.45, 2.75) is 13.1 Å². The quantitative estimate of drug-likeness (QED) is 0.532. The highest BCUT2D eigenvalue weighted by molar-refractivity contribution is 6.05. The van der Waals surface area contributed by atoms with Gasteiger partial charge in [0.25, 0.3) is 11.5 Å². The van der Waals surface area contributed by atoms with Gasteiger partial charge in [-0.25, -0.2) is 0 Å². The lowest BCUT2D eigenvalue weighted by Gasteiger charge is -2.29. The highest BCUT2D eigenvalue weighted by Crippen LogP contribution is 2.34. The second-order valence-electron chi connectivity index (χ2n) is 8.62. The standard InChI is InChI=1S/C27H26F3N3O3/c1-4-18-6-7-19(13-23(18)27(28,29)30)25(34)31-21-8-5-17(2)22(15-21)20-14-24(26(35)32(3)16-20)33-9-11-36-12-10-33/h4-8,13-16H,1,9-12H2,2-3H3,(H,31,34). The molecule has 1 amide bonds. The topological polar surface area (TPSA) is 63.6 Å². The first-order valence-corrected chi connectivity index (χ1v) is 11.4. The first kappa shape index (κ1) is 25.2. The number of rotatable bonds is 5. The molecule has 3 aromatic rings. The Morgan fingerprint density at radius 1 is 1.11 bits per heavy atom. The molecule has 1 aliphatic rings. The van der Waals surface area contributed by atoms with Gasteiger partial charge in [0, 0.05) is 43.1 Å². The van der Waals surface area contributed by atoms with E-state index in [9.17, 15) is 22.8 Å². The molecular weight excluding hydrogens is 471 g/mol. The molecule has 36 heavy (non-hydrogen) atoms. The fourth-order valence-corrected chi connectivity index (χ4v) is 4.21. The third-order valence-electron chi connectivity index (χ3n) is 6.16. The molecule has 0 saturated carbocycles. The molecule has 1 N–H and O–H groups in total. The van der Waals surface area contributed by atoms with E-state index >= 15 is 0 Å². The predicted molar refractivity (Wildman–Crippen MR) is 134 cm³/mol. The summed E-state index contributed by atoms with van der Waals surface area (Å²) in [5, 5.41) is 2.69. The first-order chi connectivity index (χ1) is 17.1. The Labute approximate surface area is 206 Å². The number of hydrogen-bond acceptors (Lipinski definition) is 4. The minimum Gasteiger partial charge on any atom is -0.378 e. The van der Waals surface area contributed by atoms with E-state index in [0.717, 1.165) is 28.8 Å². The van der Waals surface area contributed by atoms with Crippen LogP contribution in [0.1, 0.15) is 27.0 Å². The van der Waals surface area contributed by atoms with Crippen molar-refractivity contribution in [1.82, 2.24) is 4.57 Å². The van der Waals surface area contributed by atoms with Crippen LogP contribution < -0.4 is 15.8 Å².